The molecule has 2 rings (SSSR count). The van der Waals surface area contributed by atoms with E-state index < -0.39 is 14.6 Å². The number of guanidine groups is 1. The molecule has 0 unspecified atom stereocenters. The second-order valence-electron chi connectivity index (χ2n) is 7.01. The summed E-state index contributed by atoms with van der Waals surface area (Å²) >= 11 is 0. The Balaban J connectivity index is 0.00000338. The number of fused-ring (bicyclic) bond motifs is 1. The highest BCUT2D eigenvalue weighted by atomic mass is 127. The van der Waals surface area contributed by atoms with Crippen LogP contribution in [0.1, 0.15) is 26.5 Å². The van der Waals surface area contributed by atoms with Crippen LogP contribution in [0.4, 0.5) is 0 Å². The molecular weight excluding hydrogens is 465 g/mol. The van der Waals surface area contributed by atoms with Gasteiger partial charge in [-0.1, -0.05) is 18.2 Å². The molecule has 0 radical (unpaired) electrons. The maximum atomic E-state index is 12.2. The molecule has 0 spiro atoms. The summed E-state index contributed by atoms with van der Waals surface area (Å²) in [5, 5.41) is 4.17. The number of hydrogen-bond acceptors (Lipinski definition) is 4. The minimum atomic E-state index is -3.16. The Morgan fingerprint density at radius 3 is 2.50 bits per heavy atom. The lowest BCUT2D eigenvalue weighted by Crippen LogP contribution is -2.42. The number of nitrogens with zero attached hydrogens (tertiary/aromatic N) is 2. The fourth-order valence-electron chi connectivity index (χ4n) is 2.41. The second kappa shape index (κ2) is 9.07. The van der Waals surface area contributed by atoms with Crippen molar-refractivity contribution in [3.8, 4) is 0 Å². The van der Waals surface area contributed by atoms with Gasteiger partial charge in [0.25, 0.3) is 0 Å². The fourth-order valence-corrected chi connectivity index (χ4v) is 3.39. The Labute approximate surface area is 173 Å². The SMILES string of the molecule is CN=C(NCCS(=O)(=O)C(C)(C)C)N(C)Cc1cc2ccccc2o1.I. The van der Waals surface area contributed by atoms with E-state index in [1.54, 1.807) is 27.8 Å². The standard InChI is InChI=1S/C18H27N3O3S.HI/c1-18(2,3)25(22,23)11-10-20-17(19-4)21(5)13-15-12-14-8-6-7-9-16(14)24-15;/h6-9,12H,10-11,13H2,1-5H3,(H,19,20);1H. The molecule has 1 N–H and O–H groups in total. The Bertz CT molecular complexity index is 821. The van der Waals surface area contributed by atoms with Gasteiger partial charge in [0, 0.05) is 26.0 Å². The summed E-state index contributed by atoms with van der Waals surface area (Å²) in [6, 6.07) is 9.86. The van der Waals surface area contributed by atoms with Crippen molar-refractivity contribution in [2.75, 3.05) is 26.4 Å². The van der Waals surface area contributed by atoms with Crippen molar-refractivity contribution in [3.05, 3.63) is 36.1 Å². The number of aliphatic imine (C=N–C) groups is 1. The highest BCUT2D eigenvalue weighted by Crippen LogP contribution is 2.19. The van der Waals surface area contributed by atoms with Crippen LogP contribution < -0.4 is 5.32 Å². The number of nitrogens with one attached hydrogen (secondary N) is 1. The summed E-state index contributed by atoms with van der Waals surface area (Å²) in [5.41, 5.74) is 0.852. The lowest BCUT2D eigenvalue weighted by atomic mass is 10.2. The van der Waals surface area contributed by atoms with Crippen LogP contribution in [0, 0.1) is 0 Å². The zero-order chi connectivity index (χ0) is 18.7. The largest absolute Gasteiger partial charge is 0.459 e. The molecule has 1 aromatic carbocycles. The quantitative estimate of drug-likeness (QED) is 0.393. The molecule has 0 saturated carbocycles. The predicted molar refractivity (Wildman–Crippen MR) is 118 cm³/mol. The van der Waals surface area contributed by atoms with Crippen LogP contribution in [0.5, 0.6) is 0 Å². The van der Waals surface area contributed by atoms with Crippen LogP contribution in [0.2, 0.25) is 0 Å². The van der Waals surface area contributed by atoms with Gasteiger partial charge in [-0.25, -0.2) is 8.42 Å². The van der Waals surface area contributed by atoms with Gasteiger partial charge in [0.1, 0.15) is 11.3 Å². The van der Waals surface area contributed by atoms with Gasteiger partial charge >= 0.3 is 0 Å². The van der Waals surface area contributed by atoms with Crippen LogP contribution in [0.15, 0.2) is 39.7 Å². The Kier molecular flexibility index (Phi) is 7.94. The number of rotatable bonds is 5. The van der Waals surface area contributed by atoms with Crippen molar-refractivity contribution in [3.63, 3.8) is 0 Å². The highest BCUT2D eigenvalue weighted by molar-refractivity contribution is 14.0. The molecule has 8 heteroatoms. The van der Waals surface area contributed by atoms with Crippen molar-refractivity contribution in [2.24, 2.45) is 4.99 Å². The van der Waals surface area contributed by atoms with Gasteiger partial charge in [0.05, 0.1) is 17.0 Å². The van der Waals surface area contributed by atoms with Crippen LogP contribution in [-0.2, 0) is 16.4 Å². The van der Waals surface area contributed by atoms with Crippen LogP contribution in [0.3, 0.4) is 0 Å². The molecule has 0 amide bonds. The molecule has 0 fully saturated rings. The van der Waals surface area contributed by atoms with E-state index in [4.69, 9.17) is 4.42 Å². The smallest absolute Gasteiger partial charge is 0.193 e. The second-order valence-corrected chi connectivity index (χ2v) is 9.87. The maximum Gasteiger partial charge on any atom is 0.193 e. The Hall–Kier alpha value is -1.29. The van der Waals surface area contributed by atoms with Crippen molar-refractivity contribution >= 4 is 50.7 Å². The van der Waals surface area contributed by atoms with Crippen molar-refractivity contribution in [2.45, 2.75) is 32.1 Å². The average Bonchev–Trinajstić information content (AvgIpc) is 2.92. The molecule has 6 nitrogen and oxygen atoms in total. The first-order valence-electron chi connectivity index (χ1n) is 8.25. The molecule has 0 atom stereocenters. The maximum absolute atomic E-state index is 12.2. The number of halogens is 1. The van der Waals surface area contributed by atoms with Gasteiger partial charge in [-0.2, -0.15) is 0 Å². The van der Waals surface area contributed by atoms with E-state index in [1.165, 1.54) is 0 Å². The summed E-state index contributed by atoms with van der Waals surface area (Å²) in [5.74, 6) is 1.52. The first kappa shape index (κ1) is 22.8. The predicted octanol–water partition coefficient (Wildman–Crippen LogP) is 3.27. The van der Waals surface area contributed by atoms with E-state index in [1.807, 2.05) is 42.3 Å². The van der Waals surface area contributed by atoms with Gasteiger partial charge in [0.2, 0.25) is 0 Å². The van der Waals surface area contributed by atoms with Gasteiger partial charge in [0.15, 0.2) is 15.8 Å². The van der Waals surface area contributed by atoms with Gasteiger partial charge in [-0.05, 0) is 32.9 Å². The monoisotopic (exact) mass is 493 g/mol. The first-order chi connectivity index (χ1) is 11.6. The summed E-state index contributed by atoms with van der Waals surface area (Å²) in [6.45, 7) is 6.00. The van der Waals surface area contributed by atoms with Crippen molar-refractivity contribution < 1.29 is 12.8 Å². The molecule has 0 aliphatic heterocycles. The fraction of sp³-hybridized carbons (Fsp3) is 0.500. The lowest BCUT2D eigenvalue weighted by molar-refractivity contribution is 0.413. The molecule has 0 aliphatic rings. The number of hydrogen-bond donors (Lipinski definition) is 1. The normalized spacial score (nSPS) is 12.7. The van der Waals surface area contributed by atoms with Crippen LogP contribution >= 0.6 is 24.0 Å². The summed E-state index contributed by atoms with van der Waals surface area (Å²) in [4.78, 5) is 6.12. The third kappa shape index (κ3) is 5.60. The first-order valence-corrected chi connectivity index (χ1v) is 9.91. The van der Waals surface area contributed by atoms with E-state index in [0.29, 0.717) is 19.0 Å². The van der Waals surface area contributed by atoms with E-state index in [9.17, 15) is 8.42 Å². The van der Waals surface area contributed by atoms with Crippen LogP contribution in [0.25, 0.3) is 11.0 Å². The van der Waals surface area contributed by atoms with E-state index >= 15 is 0 Å². The van der Waals surface area contributed by atoms with Gasteiger partial charge in [-0.15, -0.1) is 24.0 Å². The average molecular weight is 493 g/mol. The van der Waals surface area contributed by atoms with Gasteiger partial charge < -0.3 is 14.6 Å². The molecule has 1 heterocycles. The molecule has 26 heavy (non-hydrogen) atoms. The van der Waals surface area contributed by atoms with Gasteiger partial charge in [-0.3, -0.25) is 4.99 Å². The number of para-hydroxylation sites is 1. The topological polar surface area (TPSA) is 74.9 Å². The van der Waals surface area contributed by atoms with E-state index in [2.05, 4.69) is 10.3 Å². The van der Waals surface area contributed by atoms with Crippen molar-refractivity contribution in [1.82, 2.24) is 10.2 Å². The number of sulfone groups is 1. The van der Waals surface area contributed by atoms with Crippen molar-refractivity contribution in [1.29, 1.82) is 0 Å². The Morgan fingerprint density at radius 2 is 1.92 bits per heavy atom. The molecule has 146 valence electrons. The Morgan fingerprint density at radius 1 is 1.27 bits per heavy atom. The summed E-state index contributed by atoms with van der Waals surface area (Å²) < 4.78 is 29.4. The minimum absolute atomic E-state index is 0. The number of benzene rings is 1. The molecular formula is C18H28IN3O3S. The summed E-state index contributed by atoms with van der Waals surface area (Å²) in [6.07, 6.45) is 0. The third-order valence-corrected chi connectivity index (χ3v) is 6.64. The highest BCUT2D eigenvalue weighted by Gasteiger charge is 2.28. The summed E-state index contributed by atoms with van der Waals surface area (Å²) in [7, 11) is 0.408. The molecule has 2 aromatic rings. The zero-order valence-corrected chi connectivity index (χ0v) is 19.1. The molecule has 0 saturated heterocycles. The number of furan rings is 1. The lowest BCUT2D eigenvalue weighted by Gasteiger charge is -2.23. The third-order valence-electron chi connectivity index (χ3n) is 4.03. The van der Waals surface area contributed by atoms with Crippen LogP contribution in [-0.4, -0.2) is 50.4 Å². The van der Waals surface area contributed by atoms with E-state index in [-0.39, 0.29) is 29.7 Å². The molecule has 1 aromatic heterocycles. The molecule has 0 bridgehead atoms. The minimum Gasteiger partial charge on any atom is -0.459 e. The van der Waals surface area contributed by atoms with E-state index in [0.717, 1.165) is 16.7 Å². The molecule has 0 aliphatic carbocycles. The zero-order valence-electron chi connectivity index (χ0n) is 15.9.